The third-order valence-electron chi connectivity index (χ3n) is 4.61. The summed E-state index contributed by atoms with van der Waals surface area (Å²) >= 11 is 0. The molecule has 22 heavy (non-hydrogen) atoms. The quantitative estimate of drug-likeness (QED) is 0.854. The molecule has 1 aliphatic carbocycles. The average molecular weight is 306 g/mol. The highest BCUT2D eigenvalue weighted by Crippen LogP contribution is 2.29. The summed E-state index contributed by atoms with van der Waals surface area (Å²) < 4.78 is 5.82. The third-order valence-corrected chi connectivity index (χ3v) is 4.61. The predicted molar refractivity (Wildman–Crippen MR) is 84.7 cm³/mol. The van der Waals surface area contributed by atoms with Crippen LogP contribution in [-0.2, 0) is 4.74 Å². The van der Waals surface area contributed by atoms with E-state index < -0.39 is 5.60 Å². The van der Waals surface area contributed by atoms with Gasteiger partial charge < -0.3 is 15.2 Å². The van der Waals surface area contributed by atoms with Crippen molar-refractivity contribution in [1.82, 2.24) is 15.1 Å². The summed E-state index contributed by atoms with van der Waals surface area (Å²) in [6, 6.07) is 3.76. The minimum atomic E-state index is -0.488. The fourth-order valence-electron chi connectivity index (χ4n) is 3.45. The van der Waals surface area contributed by atoms with Crippen molar-refractivity contribution < 1.29 is 9.84 Å². The van der Waals surface area contributed by atoms with Crippen molar-refractivity contribution in [2.24, 2.45) is 0 Å². The number of aliphatic hydroxyl groups is 1. The van der Waals surface area contributed by atoms with Gasteiger partial charge in [0.05, 0.1) is 18.3 Å². The smallest absolute Gasteiger partial charge is 0.148 e. The van der Waals surface area contributed by atoms with Gasteiger partial charge in [0.2, 0.25) is 0 Å². The van der Waals surface area contributed by atoms with Gasteiger partial charge in [0, 0.05) is 32.4 Å². The predicted octanol–water partition coefficient (Wildman–Crippen LogP) is 1.28. The van der Waals surface area contributed by atoms with Crippen LogP contribution in [0.25, 0.3) is 0 Å². The monoisotopic (exact) mass is 306 g/mol. The van der Waals surface area contributed by atoms with Crippen LogP contribution in [0.4, 0.5) is 5.82 Å². The minimum Gasteiger partial charge on any atom is -0.389 e. The van der Waals surface area contributed by atoms with Crippen LogP contribution in [0.15, 0.2) is 18.3 Å². The Morgan fingerprint density at radius 2 is 2.23 bits per heavy atom. The van der Waals surface area contributed by atoms with E-state index in [9.17, 15) is 5.11 Å². The van der Waals surface area contributed by atoms with Gasteiger partial charge in [0.25, 0.3) is 0 Å². The van der Waals surface area contributed by atoms with Crippen LogP contribution in [0.3, 0.4) is 0 Å². The molecular formula is C16H26N4O2. The van der Waals surface area contributed by atoms with Crippen molar-refractivity contribution in [3.8, 4) is 0 Å². The van der Waals surface area contributed by atoms with Crippen molar-refractivity contribution in [3.63, 3.8) is 0 Å². The lowest BCUT2D eigenvalue weighted by Crippen LogP contribution is -2.52. The number of β-amino-alcohol motifs (C(OH)–C–C–N with tert-alkyl or cyclic N) is 1. The number of ether oxygens (including phenoxy) is 1. The molecule has 1 aromatic rings. The van der Waals surface area contributed by atoms with Crippen LogP contribution in [-0.4, -0.2) is 64.7 Å². The van der Waals surface area contributed by atoms with Gasteiger partial charge in [-0.25, -0.2) is 0 Å². The van der Waals surface area contributed by atoms with Gasteiger partial charge in [-0.05, 0) is 25.0 Å². The molecule has 0 radical (unpaired) electrons. The first kappa shape index (κ1) is 15.6. The molecular weight excluding hydrogens is 280 g/mol. The third kappa shape index (κ3) is 4.38. The molecule has 0 spiro atoms. The van der Waals surface area contributed by atoms with Crippen molar-refractivity contribution in [1.29, 1.82) is 0 Å². The molecule has 3 rings (SSSR count). The Morgan fingerprint density at radius 1 is 1.36 bits per heavy atom. The fraction of sp³-hybridized carbons (Fsp3) is 0.750. The van der Waals surface area contributed by atoms with Gasteiger partial charge in [0.15, 0.2) is 0 Å². The lowest BCUT2D eigenvalue weighted by Gasteiger charge is -2.40. The number of rotatable bonds is 5. The molecule has 6 heteroatoms. The van der Waals surface area contributed by atoms with E-state index in [1.54, 1.807) is 6.20 Å². The topological polar surface area (TPSA) is 70.5 Å². The summed E-state index contributed by atoms with van der Waals surface area (Å²) in [6.07, 6.45) is 7.23. The van der Waals surface area contributed by atoms with Gasteiger partial charge in [-0.2, -0.15) is 5.10 Å². The Balaban J connectivity index is 1.46. The van der Waals surface area contributed by atoms with Crippen molar-refractivity contribution >= 4 is 5.82 Å². The highest BCUT2D eigenvalue weighted by Gasteiger charge is 2.33. The highest BCUT2D eigenvalue weighted by molar-refractivity contribution is 5.31. The summed E-state index contributed by atoms with van der Waals surface area (Å²) in [7, 11) is 0. The molecule has 2 N–H and O–H groups in total. The summed E-state index contributed by atoms with van der Waals surface area (Å²) in [5, 5.41) is 21.8. The average Bonchev–Trinajstić information content (AvgIpc) is 2.54. The molecule has 122 valence electrons. The minimum absolute atomic E-state index is 0.128. The number of hydrogen-bond acceptors (Lipinski definition) is 6. The number of nitrogens with one attached hydrogen (secondary N) is 1. The Bertz CT molecular complexity index is 451. The summed E-state index contributed by atoms with van der Waals surface area (Å²) in [5.41, 5.74) is -0.488. The molecule has 0 bridgehead atoms. The lowest BCUT2D eigenvalue weighted by molar-refractivity contribution is -0.0719. The van der Waals surface area contributed by atoms with Gasteiger partial charge >= 0.3 is 0 Å². The number of anilines is 1. The zero-order valence-electron chi connectivity index (χ0n) is 13.1. The summed E-state index contributed by atoms with van der Waals surface area (Å²) in [5.74, 6) is 0.772. The lowest BCUT2D eigenvalue weighted by atomic mass is 9.84. The van der Waals surface area contributed by atoms with Crippen LogP contribution in [0.5, 0.6) is 0 Å². The largest absolute Gasteiger partial charge is 0.389 e. The highest BCUT2D eigenvalue weighted by atomic mass is 16.5. The first-order valence-corrected chi connectivity index (χ1v) is 8.31. The molecule has 1 saturated heterocycles. The number of morpholine rings is 1. The Hall–Kier alpha value is -1.24. The summed E-state index contributed by atoms with van der Waals surface area (Å²) in [4.78, 5) is 2.35. The van der Waals surface area contributed by atoms with E-state index in [2.05, 4.69) is 20.4 Å². The molecule has 1 saturated carbocycles. The first-order valence-electron chi connectivity index (χ1n) is 8.31. The fourth-order valence-corrected chi connectivity index (χ4v) is 3.45. The van der Waals surface area contributed by atoms with E-state index in [0.717, 1.165) is 57.7 Å². The van der Waals surface area contributed by atoms with Crippen LogP contribution in [0.1, 0.15) is 32.1 Å². The molecule has 2 aliphatic rings. The van der Waals surface area contributed by atoms with Gasteiger partial charge in [-0.15, -0.1) is 5.10 Å². The van der Waals surface area contributed by atoms with Gasteiger partial charge in [-0.3, -0.25) is 4.90 Å². The first-order chi connectivity index (χ1) is 10.7. The Kier molecular flexibility index (Phi) is 5.23. The van der Waals surface area contributed by atoms with Crippen LogP contribution < -0.4 is 5.32 Å². The number of nitrogens with zero attached hydrogens (tertiary/aromatic N) is 3. The normalized spacial score (nSPS) is 25.8. The molecule has 1 atom stereocenters. The molecule has 1 aromatic heterocycles. The van der Waals surface area contributed by atoms with E-state index in [1.807, 2.05) is 12.1 Å². The molecule has 2 heterocycles. The number of hydrogen-bond donors (Lipinski definition) is 2. The van der Waals surface area contributed by atoms with E-state index in [0.29, 0.717) is 6.54 Å². The van der Waals surface area contributed by atoms with Crippen molar-refractivity contribution in [2.75, 3.05) is 38.1 Å². The van der Waals surface area contributed by atoms with E-state index in [-0.39, 0.29) is 6.10 Å². The maximum atomic E-state index is 10.7. The van der Waals surface area contributed by atoms with E-state index in [4.69, 9.17) is 4.74 Å². The van der Waals surface area contributed by atoms with E-state index in [1.165, 1.54) is 6.42 Å². The molecule has 0 unspecified atom stereocenters. The zero-order valence-corrected chi connectivity index (χ0v) is 13.1. The van der Waals surface area contributed by atoms with Gasteiger partial charge in [0.1, 0.15) is 5.82 Å². The van der Waals surface area contributed by atoms with Crippen LogP contribution >= 0.6 is 0 Å². The standard InChI is InChI=1S/C16H26N4O2/c21-16(6-2-1-3-7-16)13-20-9-10-22-14(12-20)11-17-15-5-4-8-18-19-15/h4-5,8,14,21H,1-3,6-7,9-13H2,(H,17,19)/t14-/m0/s1. The molecule has 1 aliphatic heterocycles. The van der Waals surface area contributed by atoms with E-state index >= 15 is 0 Å². The molecule has 2 fully saturated rings. The second-order valence-corrected chi connectivity index (χ2v) is 6.50. The van der Waals surface area contributed by atoms with Crippen molar-refractivity contribution in [3.05, 3.63) is 18.3 Å². The Morgan fingerprint density at radius 3 is 3.00 bits per heavy atom. The van der Waals surface area contributed by atoms with Crippen LogP contribution in [0, 0.1) is 0 Å². The maximum absolute atomic E-state index is 10.7. The summed E-state index contributed by atoms with van der Waals surface area (Å²) in [6.45, 7) is 3.98. The number of aromatic nitrogens is 2. The SMILES string of the molecule is OC1(CN2CCO[C@@H](CNc3cccnn3)C2)CCCCC1. The second kappa shape index (κ2) is 7.35. The van der Waals surface area contributed by atoms with Crippen molar-refractivity contribution in [2.45, 2.75) is 43.8 Å². The molecule has 0 aromatic carbocycles. The van der Waals surface area contributed by atoms with Gasteiger partial charge in [-0.1, -0.05) is 19.3 Å². The second-order valence-electron chi connectivity index (χ2n) is 6.50. The Labute approximate surface area is 131 Å². The van der Waals surface area contributed by atoms with Crippen LogP contribution in [0.2, 0.25) is 0 Å². The maximum Gasteiger partial charge on any atom is 0.148 e. The molecule has 0 amide bonds. The molecule has 6 nitrogen and oxygen atoms in total. The zero-order chi connectivity index (χ0) is 15.3.